The van der Waals surface area contributed by atoms with E-state index in [1.807, 2.05) is 25.1 Å². The van der Waals surface area contributed by atoms with E-state index in [9.17, 15) is 9.59 Å². The van der Waals surface area contributed by atoms with E-state index in [-0.39, 0.29) is 18.5 Å². The third kappa shape index (κ3) is 5.41. The number of benzene rings is 2. The number of carbonyl (C=O) groups is 2. The molecule has 2 aromatic rings. The molecule has 0 aliphatic carbocycles. The lowest BCUT2D eigenvalue weighted by Gasteiger charge is -2.22. The number of hydrogen-bond acceptors (Lipinski definition) is 7. The summed E-state index contributed by atoms with van der Waals surface area (Å²) in [5, 5.41) is 8.89. The summed E-state index contributed by atoms with van der Waals surface area (Å²) >= 11 is 0. The van der Waals surface area contributed by atoms with Crippen LogP contribution in [0.5, 0.6) is 17.2 Å². The van der Waals surface area contributed by atoms with E-state index in [0.29, 0.717) is 22.9 Å². The van der Waals surface area contributed by atoms with Gasteiger partial charge in [-0.05, 0) is 31.2 Å². The minimum Gasteiger partial charge on any atom is -0.493 e. The van der Waals surface area contributed by atoms with Crippen molar-refractivity contribution in [1.82, 2.24) is 0 Å². The van der Waals surface area contributed by atoms with Crippen molar-refractivity contribution in [1.29, 1.82) is 5.26 Å². The molecule has 0 N–H and O–H groups in total. The van der Waals surface area contributed by atoms with Crippen LogP contribution in [0.2, 0.25) is 0 Å². The number of hydrogen-bond donors (Lipinski definition) is 0. The Bertz CT molecular complexity index is 909. The van der Waals surface area contributed by atoms with Crippen LogP contribution in [-0.4, -0.2) is 46.4 Å². The summed E-state index contributed by atoms with van der Waals surface area (Å²) < 4.78 is 20.9. The Morgan fingerprint density at radius 2 is 1.60 bits per heavy atom. The molecule has 8 heteroatoms. The lowest BCUT2D eigenvalue weighted by atomic mass is 10.2. The van der Waals surface area contributed by atoms with E-state index in [1.165, 1.54) is 38.4 Å². The van der Waals surface area contributed by atoms with Crippen LogP contribution in [-0.2, 0) is 9.53 Å². The molecule has 8 nitrogen and oxygen atoms in total. The van der Waals surface area contributed by atoms with Crippen LogP contribution in [0.3, 0.4) is 0 Å². The summed E-state index contributed by atoms with van der Waals surface area (Å²) in [6, 6.07) is 12.2. The van der Waals surface area contributed by atoms with E-state index in [4.69, 9.17) is 24.2 Å². The van der Waals surface area contributed by atoms with Gasteiger partial charge in [0.25, 0.3) is 5.91 Å². The summed E-state index contributed by atoms with van der Waals surface area (Å²) in [7, 11) is 4.33. The van der Waals surface area contributed by atoms with Crippen molar-refractivity contribution in [3.63, 3.8) is 0 Å². The van der Waals surface area contributed by atoms with E-state index in [1.54, 1.807) is 12.1 Å². The van der Waals surface area contributed by atoms with Gasteiger partial charge in [-0.15, -0.1) is 0 Å². The number of nitriles is 1. The molecule has 2 aromatic carbocycles. The first-order valence-corrected chi connectivity index (χ1v) is 9.16. The summed E-state index contributed by atoms with van der Waals surface area (Å²) in [5.74, 6) is -0.216. The number of aryl methyl sites for hydroxylation is 1. The van der Waals surface area contributed by atoms with Crippen molar-refractivity contribution in [2.45, 2.75) is 13.3 Å². The van der Waals surface area contributed by atoms with Crippen molar-refractivity contribution >= 4 is 17.6 Å². The van der Waals surface area contributed by atoms with Crippen molar-refractivity contribution in [3.05, 3.63) is 47.5 Å². The number of ether oxygens (including phenoxy) is 4. The molecule has 0 radical (unpaired) electrons. The lowest BCUT2D eigenvalue weighted by molar-refractivity contribution is -0.121. The number of amides is 1. The van der Waals surface area contributed by atoms with E-state index >= 15 is 0 Å². The highest BCUT2D eigenvalue weighted by Crippen LogP contribution is 2.38. The number of carbonyl (C=O) groups excluding carboxylic acids is 2. The molecule has 0 heterocycles. The number of methoxy groups -OCH3 is 3. The second-order valence-electron chi connectivity index (χ2n) is 6.28. The summed E-state index contributed by atoms with van der Waals surface area (Å²) in [6.07, 6.45) is 0.153. The Labute approximate surface area is 175 Å². The molecule has 0 unspecified atom stereocenters. The molecule has 2 rings (SSSR count). The summed E-state index contributed by atoms with van der Waals surface area (Å²) in [6.45, 7) is 1.65. The molecule has 0 bridgehead atoms. The first-order chi connectivity index (χ1) is 14.4. The first kappa shape index (κ1) is 22.6. The van der Waals surface area contributed by atoms with E-state index in [0.717, 1.165) is 5.56 Å². The van der Waals surface area contributed by atoms with Crippen LogP contribution < -0.4 is 19.1 Å². The van der Waals surface area contributed by atoms with Crippen molar-refractivity contribution in [2.24, 2.45) is 0 Å². The zero-order valence-electron chi connectivity index (χ0n) is 17.4. The largest absolute Gasteiger partial charge is 0.493 e. The SMILES string of the molecule is COc1cc(C(=O)OCC(=O)N(CCC#N)c2ccc(C)cc2)cc(OC)c1OC. The van der Waals surface area contributed by atoms with Gasteiger partial charge in [-0.2, -0.15) is 5.26 Å². The van der Waals surface area contributed by atoms with Gasteiger partial charge in [0, 0.05) is 12.2 Å². The zero-order valence-corrected chi connectivity index (χ0v) is 17.4. The average molecular weight is 412 g/mol. The monoisotopic (exact) mass is 412 g/mol. The molecule has 0 aliphatic rings. The fraction of sp³-hybridized carbons (Fsp3) is 0.318. The van der Waals surface area contributed by atoms with Gasteiger partial charge in [0.15, 0.2) is 18.1 Å². The second-order valence-corrected chi connectivity index (χ2v) is 6.28. The molecule has 1 amide bonds. The van der Waals surface area contributed by atoms with Gasteiger partial charge in [0.05, 0.1) is 39.4 Å². The second kappa shape index (κ2) is 10.7. The maximum Gasteiger partial charge on any atom is 0.338 e. The van der Waals surface area contributed by atoms with Crippen LogP contribution in [0, 0.1) is 18.3 Å². The molecule has 0 atom stereocenters. The number of anilines is 1. The number of rotatable bonds is 9. The highest BCUT2D eigenvalue weighted by Gasteiger charge is 2.21. The molecule has 30 heavy (non-hydrogen) atoms. The smallest absolute Gasteiger partial charge is 0.338 e. The first-order valence-electron chi connectivity index (χ1n) is 9.16. The molecular weight excluding hydrogens is 388 g/mol. The summed E-state index contributed by atoms with van der Waals surface area (Å²) in [5.41, 5.74) is 1.82. The Hall–Kier alpha value is -3.73. The third-order valence-electron chi connectivity index (χ3n) is 4.32. The lowest BCUT2D eigenvalue weighted by Crippen LogP contribution is -2.35. The van der Waals surface area contributed by atoms with E-state index < -0.39 is 18.5 Å². The van der Waals surface area contributed by atoms with Gasteiger partial charge >= 0.3 is 5.97 Å². The van der Waals surface area contributed by atoms with Gasteiger partial charge in [-0.25, -0.2) is 4.79 Å². The predicted molar refractivity (Wildman–Crippen MR) is 110 cm³/mol. The van der Waals surface area contributed by atoms with Crippen LogP contribution in [0.25, 0.3) is 0 Å². The molecule has 0 spiro atoms. The molecular formula is C22H24N2O6. The quantitative estimate of drug-likeness (QED) is 0.584. The number of nitrogens with zero attached hydrogens (tertiary/aromatic N) is 2. The minimum atomic E-state index is -0.716. The third-order valence-corrected chi connectivity index (χ3v) is 4.32. The highest BCUT2D eigenvalue weighted by molar-refractivity contribution is 5.97. The van der Waals surface area contributed by atoms with E-state index in [2.05, 4.69) is 0 Å². The van der Waals surface area contributed by atoms with Gasteiger partial charge < -0.3 is 23.8 Å². The van der Waals surface area contributed by atoms with Crippen molar-refractivity contribution in [3.8, 4) is 23.3 Å². The Balaban J connectivity index is 2.15. The fourth-order valence-corrected chi connectivity index (χ4v) is 2.77. The minimum absolute atomic E-state index is 0.149. The fourth-order valence-electron chi connectivity index (χ4n) is 2.77. The van der Waals surface area contributed by atoms with Crippen LogP contribution >= 0.6 is 0 Å². The molecule has 0 saturated carbocycles. The maximum atomic E-state index is 12.7. The Morgan fingerprint density at radius 1 is 1.00 bits per heavy atom. The highest BCUT2D eigenvalue weighted by atomic mass is 16.5. The van der Waals surface area contributed by atoms with Crippen LogP contribution in [0.15, 0.2) is 36.4 Å². The van der Waals surface area contributed by atoms with Gasteiger partial charge in [0.2, 0.25) is 5.75 Å². The molecule has 158 valence electrons. The van der Waals surface area contributed by atoms with Crippen molar-refractivity contribution in [2.75, 3.05) is 39.4 Å². The van der Waals surface area contributed by atoms with Gasteiger partial charge in [-0.3, -0.25) is 4.79 Å². The Morgan fingerprint density at radius 3 is 2.10 bits per heavy atom. The zero-order chi connectivity index (χ0) is 22.1. The summed E-state index contributed by atoms with van der Waals surface area (Å²) in [4.78, 5) is 26.6. The van der Waals surface area contributed by atoms with Crippen molar-refractivity contribution < 1.29 is 28.5 Å². The van der Waals surface area contributed by atoms with Gasteiger partial charge in [-0.1, -0.05) is 17.7 Å². The normalized spacial score (nSPS) is 9.97. The average Bonchev–Trinajstić information content (AvgIpc) is 2.77. The molecule has 0 aromatic heterocycles. The van der Waals surface area contributed by atoms with Crippen LogP contribution in [0.1, 0.15) is 22.3 Å². The van der Waals surface area contributed by atoms with Crippen LogP contribution in [0.4, 0.5) is 5.69 Å². The number of esters is 1. The van der Waals surface area contributed by atoms with Gasteiger partial charge in [0.1, 0.15) is 0 Å². The molecule has 0 aliphatic heterocycles. The molecule has 0 saturated heterocycles. The molecule has 0 fully saturated rings. The Kier molecular flexibility index (Phi) is 8.06. The maximum absolute atomic E-state index is 12.7. The predicted octanol–water partition coefficient (Wildman–Crippen LogP) is 3.12. The topological polar surface area (TPSA) is 98.1 Å². The standard InChI is InChI=1S/C22H24N2O6/c1-15-6-8-17(9-7-15)24(11-5-10-23)20(25)14-30-22(26)16-12-18(27-2)21(29-4)19(13-16)28-3/h6-9,12-13H,5,11,14H2,1-4H3.